The van der Waals surface area contributed by atoms with Crippen LogP contribution in [0.3, 0.4) is 0 Å². The van der Waals surface area contributed by atoms with Crippen molar-refractivity contribution in [3.63, 3.8) is 0 Å². The van der Waals surface area contributed by atoms with Gasteiger partial charge < -0.3 is 4.74 Å². The first-order chi connectivity index (χ1) is 17.5. The van der Waals surface area contributed by atoms with Crippen molar-refractivity contribution in [2.45, 2.75) is 32.8 Å². The summed E-state index contributed by atoms with van der Waals surface area (Å²) in [7, 11) is 0. The molecule has 1 unspecified atom stereocenters. The number of hydrogen-bond donors (Lipinski definition) is 0. The summed E-state index contributed by atoms with van der Waals surface area (Å²) in [5.41, 5.74) is 4.99. The molecule has 2 aliphatic heterocycles. The lowest BCUT2D eigenvalue weighted by atomic mass is 9.93. The van der Waals surface area contributed by atoms with E-state index in [1.54, 1.807) is 17.7 Å². The molecule has 1 atom stereocenters. The first-order valence-electron chi connectivity index (χ1n) is 12.0. The summed E-state index contributed by atoms with van der Waals surface area (Å²) >= 11 is 0. The average molecular weight is 479 g/mol. The van der Waals surface area contributed by atoms with Crippen molar-refractivity contribution in [3.8, 4) is 23.0 Å². The maximum atomic E-state index is 13.6. The molecule has 2 aliphatic rings. The molecule has 1 aromatic heterocycles. The van der Waals surface area contributed by atoms with E-state index >= 15 is 0 Å². The lowest BCUT2D eigenvalue weighted by Crippen LogP contribution is -2.46. The number of nitriles is 1. The smallest absolute Gasteiger partial charge is 0.271 e. The Balaban J connectivity index is 1.63. The van der Waals surface area contributed by atoms with Crippen LogP contribution in [0, 0.1) is 18.3 Å². The number of benzene rings is 2. The van der Waals surface area contributed by atoms with Gasteiger partial charge in [-0.15, -0.1) is 0 Å². The molecule has 0 N–H and O–H groups in total. The molecule has 5 rings (SSSR count). The highest BCUT2D eigenvalue weighted by molar-refractivity contribution is 6.19. The maximum Gasteiger partial charge on any atom is 0.271 e. The van der Waals surface area contributed by atoms with Gasteiger partial charge in [-0.25, -0.2) is 4.68 Å². The Labute approximate surface area is 209 Å². The van der Waals surface area contributed by atoms with E-state index in [0.717, 1.165) is 34.6 Å². The highest BCUT2D eigenvalue weighted by Gasteiger charge is 2.37. The van der Waals surface area contributed by atoms with Crippen LogP contribution in [0.2, 0.25) is 0 Å². The molecule has 0 spiro atoms. The normalized spacial score (nSPS) is 19.3. The Morgan fingerprint density at radius 2 is 1.83 bits per heavy atom. The van der Waals surface area contributed by atoms with Gasteiger partial charge in [0.1, 0.15) is 11.6 Å². The minimum absolute atomic E-state index is 0.0221. The third kappa shape index (κ3) is 4.39. The van der Waals surface area contributed by atoms with E-state index in [-0.39, 0.29) is 18.2 Å². The number of carbonyl (C=O) groups excluding carboxylic acids is 2. The topological polar surface area (TPSA) is 88.2 Å². The minimum Gasteiger partial charge on any atom is -0.376 e. The van der Waals surface area contributed by atoms with Gasteiger partial charge in [-0.2, -0.15) is 10.4 Å². The van der Waals surface area contributed by atoms with Crippen molar-refractivity contribution in [1.82, 2.24) is 14.7 Å². The maximum absolute atomic E-state index is 13.6. The average Bonchev–Trinajstić information content (AvgIpc) is 3.56. The lowest BCUT2D eigenvalue weighted by molar-refractivity contribution is -0.142. The van der Waals surface area contributed by atoms with Crippen LogP contribution in [-0.2, 0) is 14.3 Å². The van der Waals surface area contributed by atoms with Crippen molar-refractivity contribution < 1.29 is 14.3 Å². The van der Waals surface area contributed by atoms with E-state index in [1.807, 2.05) is 73.8 Å². The Hall–Kier alpha value is -4.28. The quantitative estimate of drug-likeness (QED) is 0.394. The number of ether oxygens (including phenoxy) is 1. The van der Waals surface area contributed by atoms with E-state index in [2.05, 4.69) is 0 Å². The number of hydrogen-bond acceptors (Lipinski definition) is 5. The fraction of sp³-hybridized carbons (Fsp3) is 0.241. The number of carbonyl (C=O) groups is 2. The summed E-state index contributed by atoms with van der Waals surface area (Å²) in [6, 6.07) is 19.7. The Bertz CT molecular complexity index is 1420. The molecule has 1 fully saturated rings. The van der Waals surface area contributed by atoms with E-state index in [1.165, 1.54) is 0 Å². The number of rotatable bonds is 5. The molecule has 1 saturated heterocycles. The fourth-order valence-electron chi connectivity index (χ4n) is 4.58. The molecule has 3 heterocycles. The van der Waals surface area contributed by atoms with Crippen LogP contribution >= 0.6 is 0 Å². The highest BCUT2D eigenvalue weighted by Crippen LogP contribution is 2.32. The van der Waals surface area contributed by atoms with E-state index in [4.69, 9.17) is 9.84 Å². The Kier molecular flexibility index (Phi) is 6.36. The highest BCUT2D eigenvalue weighted by atomic mass is 16.5. The third-order valence-electron chi connectivity index (χ3n) is 6.62. The van der Waals surface area contributed by atoms with Gasteiger partial charge >= 0.3 is 0 Å². The summed E-state index contributed by atoms with van der Waals surface area (Å²) in [6.07, 6.45) is 5.07. The van der Waals surface area contributed by atoms with Gasteiger partial charge in [0, 0.05) is 29.5 Å². The van der Waals surface area contributed by atoms with Crippen molar-refractivity contribution in [2.24, 2.45) is 0 Å². The predicted octanol–water partition coefficient (Wildman–Crippen LogP) is 4.62. The number of nitrogens with zero attached hydrogens (tertiary/aromatic N) is 4. The van der Waals surface area contributed by atoms with Crippen LogP contribution < -0.4 is 0 Å². The zero-order chi connectivity index (χ0) is 25.2. The summed E-state index contributed by atoms with van der Waals surface area (Å²) < 4.78 is 7.43. The monoisotopic (exact) mass is 478 g/mol. The molecule has 0 radical (unpaired) electrons. The largest absolute Gasteiger partial charge is 0.376 e. The SMILES string of the molecule is CC1=C(C#N)C(=O)N(CC2CCCO2)C(=O)/C1=C\c1cn(-c2ccccc2)nc1-c1ccc(C)cc1. The molecule has 180 valence electrons. The lowest BCUT2D eigenvalue weighted by Gasteiger charge is -2.29. The summed E-state index contributed by atoms with van der Waals surface area (Å²) in [5.74, 6) is -0.985. The third-order valence-corrected chi connectivity index (χ3v) is 6.62. The molecule has 36 heavy (non-hydrogen) atoms. The Morgan fingerprint density at radius 3 is 2.50 bits per heavy atom. The molecule has 2 amide bonds. The first-order valence-corrected chi connectivity index (χ1v) is 12.0. The van der Waals surface area contributed by atoms with Crippen molar-refractivity contribution in [1.29, 1.82) is 5.26 Å². The second-order valence-corrected chi connectivity index (χ2v) is 9.10. The van der Waals surface area contributed by atoms with Crippen LogP contribution in [0.15, 0.2) is 77.5 Å². The molecular formula is C29H26N4O3. The molecule has 0 bridgehead atoms. The van der Waals surface area contributed by atoms with E-state index in [9.17, 15) is 14.9 Å². The van der Waals surface area contributed by atoms with Crippen LogP contribution in [-0.4, -0.2) is 45.8 Å². The van der Waals surface area contributed by atoms with Crippen molar-refractivity contribution >= 4 is 17.9 Å². The van der Waals surface area contributed by atoms with E-state index in [0.29, 0.717) is 29.0 Å². The van der Waals surface area contributed by atoms with Gasteiger partial charge in [-0.05, 0) is 50.5 Å². The van der Waals surface area contributed by atoms with Crippen LogP contribution in [0.25, 0.3) is 23.0 Å². The Morgan fingerprint density at radius 1 is 1.08 bits per heavy atom. The number of aryl methyl sites for hydroxylation is 1. The van der Waals surface area contributed by atoms with Crippen LogP contribution in [0.4, 0.5) is 0 Å². The summed E-state index contributed by atoms with van der Waals surface area (Å²) in [6.45, 7) is 4.42. The predicted molar refractivity (Wildman–Crippen MR) is 136 cm³/mol. The van der Waals surface area contributed by atoms with Crippen molar-refractivity contribution in [2.75, 3.05) is 13.2 Å². The van der Waals surface area contributed by atoms with E-state index < -0.39 is 11.8 Å². The standard InChI is InChI=1S/C29H26N4O3/c1-19-10-12-21(13-11-19)27-22(17-33(31-27)23-7-4-3-5-8-23)15-25-20(2)26(16-30)29(35)32(28(25)34)18-24-9-6-14-36-24/h3-5,7-8,10-13,15,17,24H,6,9,14,18H2,1-2H3/b25-15-. The molecule has 3 aromatic rings. The molecule has 7 heteroatoms. The summed E-state index contributed by atoms with van der Waals surface area (Å²) in [4.78, 5) is 27.7. The fourth-order valence-corrected chi connectivity index (χ4v) is 4.58. The number of amides is 2. The zero-order valence-corrected chi connectivity index (χ0v) is 20.3. The summed E-state index contributed by atoms with van der Waals surface area (Å²) in [5, 5.41) is 14.6. The van der Waals surface area contributed by atoms with Gasteiger partial charge in [0.2, 0.25) is 0 Å². The number of aromatic nitrogens is 2. The molecular weight excluding hydrogens is 452 g/mol. The number of imide groups is 1. The van der Waals surface area contributed by atoms with Gasteiger partial charge in [0.25, 0.3) is 11.8 Å². The van der Waals surface area contributed by atoms with Gasteiger partial charge in [0.15, 0.2) is 0 Å². The second kappa shape index (κ2) is 9.76. The molecule has 7 nitrogen and oxygen atoms in total. The van der Waals surface area contributed by atoms with Gasteiger partial charge in [-0.1, -0.05) is 48.0 Å². The molecule has 0 aliphatic carbocycles. The van der Waals surface area contributed by atoms with Gasteiger partial charge in [0.05, 0.1) is 24.0 Å². The number of para-hydroxylation sites is 1. The first kappa shape index (κ1) is 23.5. The zero-order valence-electron chi connectivity index (χ0n) is 20.3. The van der Waals surface area contributed by atoms with Crippen molar-refractivity contribution in [3.05, 3.63) is 88.6 Å². The van der Waals surface area contributed by atoms with Crippen LogP contribution in [0.1, 0.15) is 30.9 Å². The minimum atomic E-state index is -0.564. The van der Waals surface area contributed by atoms with Crippen LogP contribution in [0.5, 0.6) is 0 Å². The molecule has 2 aromatic carbocycles. The molecule has 0 saturated carbocycles. The van der Waals surface area contributed by atoms with Gasteiger partial charge in [-0.3, -0.25) is 14.5 Å². The second-order valence-electron chi connectivity index (χ2n) is 9.10.